The van der Waals surface area contributed by atoms with Crippen LogP contribution in [0.1, 0.15) is 17.2 Å². The van der Waals surface area contributed by atoms with E-state index < -0.39 is 16.1 Å². The van der Waals surface area contributed by atoms with Crippen LogP contribution >= 0.6 is 0 Å². The molecule has 0 radical (unpaired) electrons. The van der Waals surface area contributed by atoms with E-state index in [4.69, 9.17) is 9.26 Å². The van der Waals surface area contributed by atoms with Gasteiger partial charge in [0, 0.05) is 41.3 Å². The van der Waals surface area contributed by atoms with Crippen LogP contribution in [0.25, 0.3) is 22.8 Å². The molecule has 0 aliphatic carbocycles. The van der Waals surface area contributed by atoms with Crippen molar-refractivity contribution in [2.75, 3.05) is 24.9 Å². The van der Waals surface area contributed by atoms with Crippen molar-refractivity contribution in [3.63, 3.8) is 0 Å². The molecule has 3 N–H and O–H groups in total. The standard InChI is InChI=1S/C30H29N5O5S/c1-39-26-6-2-4-23(18-26)30-33-29(34-40-30)22-9-13-27(14-10-22)41(37,38)35-25-11-7-21(8-12-25)15-17-32-20-28(36)24-5-3-16-31-19-24/h2-14,16,18-19,28,32,35-36H,15,17,20H2,1H3. The maximum absolute atomic E-state index is 13.0. The molecule has 0 saturated carbocycles. The summed E-state index contributed by atoms with van der Waals surface area (Å²) in [7, 11) is -2.22. The first-order valence-corrected chi connectivity index (χ1v) is 14.4. The van der Waals surface area contributed by atoms with Crippen LogP contribution in [0.2, 0.25) is 0 Å². The first-order chi connectivity index (χ1) is 19.9. The molecule has 0 spiro atoms. The smallest absolute Gasteiger partial charge is 0.261 e. The van der Waals surface area contributed by atoms with E-state index in [2.05, 4.69) is 25.2 Å². The van der Waals surface area contributed by atoms with Crippen molar-refractivity contribution in [3.05, 3.63) is 108 Å². The Morgan fingerprint density at radius 2 is 1.78 bits per heavy atom. The van der Waals surface area contributed by atoms with Crippen molar-refractivity contribution in [1.29, 1.82) is 0 Å². The van der Waals surface area contributed by atoms with Gasteiger partial charge in [-0.2, -0.15) is 4.98 Å². The van der Waals surface area contributed by atoms with E-state index in [-0.39, 0.29) is 4.90 Å². The number of aliphatic hydroxyl groups excluding tert-OH is 1. The highest BCUT2D eigenvalue weighted by Crippen LogP contribution is 2.26. The topological polar surface area (TPSA) is 139 Å². The normalized spacial score (nSPS) is 12.1. The molecule has 0 bridgehead atoms. The van der Waals surface area contributed by atoms with Gasteiger partial charge in [0.05, 0.1) is 18.1 Å². The molecule has 0 aliphatic heterocycles. The Morgan fingerprint density at radius 1 is 0.976 bits per heavy atom. The number of aromatic nitrogens is 3. The predicted molar refractivity (Wildman–Crippen MR) is 155 cm³/mol. The van der Waals surface area contributed by atoms with E-state index >= 15 is 0 Å². The molecule has 3 aromatic carbocycles. The van der Waals surface area contributed by atoms with Crippen LogP contribution in [0.15, 0.2) is 107 Å². The number of hydrogen-bond donors (Lipinski definition) is 3. The summed E-state index contributed by atoms with van der Waals surface area (Å²) in [6.45, 7) is 1.08. The number of anilines is 1. The van der Waals surface area contributed by atoms with Crippen molar-refractivity contribution in [2.45, 2.75) is 17.4 Å². The van der Waals surface area contributed by atoms with Gasteiger partial charge in [-0.1, -0.05) is 29.4 Å². The Labute approximate surface area is 238 Å². The Morgan fingerprint density at radius 3 is 2.51 bits per heavy atom. The summed E-state index contributed by atoms with van der Waals surface area (Å²) in [5.74, 6) is 1.35. The molecule has 0 fully saturated rings. The van der Waals surface area contributed by atoms with Gasteiger partial charge in [0.25, 0.3) is 15.9 Å². The Bertz CT molecular complexity index is 1670. The molecule has 2 aromatic heterocycles. The summed E-state index contributed by atoms with van der Waals surface area (Å²) in [5.41, 5.74) is 3.59. The van der Waals surface area contributed by atoms with E-state index in [1.165, 1.54) is 12.1 Å². The highest BCUT2D eigenvalue weighted by molar-refractivity contribution is 7.92. The molecule has 210 valence electrons. The highest BCUT2D eigenvalue weighted by Gasteiger charge is 2.16. The minimum Gasteiger partial charge on any atom is -0.497 e. The van der Waals surface area contributed by atoms with Gasteiger partial charge in [-0.05, 0) is 79.2 Å². The second-order valence-corrected chi connectivity index (χ2v) is 10.9. The molecule has 0 aliphatic rings. The van der Waals surface area contributed by atoms with Gasteiger partial charge in [-0.3, -0.25) is 9.71 Å². The maximum atomic E-state index is 13.0. The lowest BCUT2D eigenvalue weighted by atomic mass is 10.1. The zero-order valence-electron chi connectivity index (χ0n) is 22.3. The number of pyridine rings is 1. The first kappa shape index (κ1) is 28.0. The molecule has 1 unspecified atom stereocenters. The van der Waals surface area contributed by atoms with Gasteiger partial charge < -0.3 is 19.7 Å². The summed E-state index contributed by atoms with van der Waals surface area (Å²) in [4.78, 5) is 8.55. The van der Waals surface area contributed by atoms with Gasteiger partial charge in [0.2, 0.25) is 5.82 Å². The van der Waals surface area contributed by atoms with Gasteiger partial charge in [0.1, 0.15) is 5.75 Å². The van der Waals surface area contributed by atoms with E-state index in [0.29, 0.717) is 47.4 Å². The molecule has 2 heterocycles. The van der Waals surface area contributed by atoms with Crippen LogP contribution in [0.3, 0.4) is 0 Å². The van der Waals surface area contributed by atoms with Gasteiger partial charge in [-0.15, -0.1) is 0 Å². The fraction of sp³-hybridized carbons (Fsp3) is 0.167. The average molecular weight is 572 g/mol. The number of nitrogens with zero attached hydrogens (tertiary/aromatic N) is 3. The van der Waals surface area contributed by atoms with Crippen LogP contribution in [0.4, 0.5) is 5.69 Å². The largest absolute Gasteiger partial charge is 0.497 e. The monoisotopic (exact) mass is 571 g/mol. The lowest BCUT2D eigenvalue weighted by molar-refractivity contribution is 0.174. The molecular weight excluding hydrogens is 542 g/mol. The zero-order chi connectivity index (χ0) is 28.7. The number of methoxy groups -OCH3 is 1. The van der Waals surface area contributed by atoms with E-state index in [1.54, 1.807) is 55.9 Å². The average Bonchev–Trinajstić information content (AvgIpc) is 3.51. The fourth-order valence-corrected chi connectivity index (χ4v) is 5.17. The number of hydrogen-bond acceptors (Lipinski definition) is 9. The van der Waals surface area contributed by atoms with Crippen molar-refractivity contribution < 1.29 is 22.8 Å². The van der Waals surface area contributed by atoms with Crippen molar-refractivity contribution in [2.24, 2.45) is 0 Å². The molecule has 0 saturated heterocycles. The first-order valence-electron chi connectivity index (χ1n) is 12.9. The molecule has 5 rings (SSSR count). The summed E-state index contributed by atoms with van der Waals surface area (Å²) in [6.07, 6.45) is 3.41. The van der Waals surface area contributed by atoms with Gasteiger partial charge in [0.15, 0.2) is 0 Å². The van der Waals surface area contributed by atoms with Gasteiger partial charge in [-0.25, -0.2) is 8.42 Å². The molecule has 10 nitrogen and oxygen atoms in total. The van der Waals surface area contributed by atoms with E-state index in [0.717, 1.165) is 17.5 Å². The predicted octanol–water partition coefficient (Wildman–Crippen LogP) is 4.47. The summed E-state index contributed by atoms with van der Waals surface area (Å²) < 4.78 is 39.2. The molecule has 41 heavy (non-hydrogen) atoms. The molecule has 11 heteroatoms. The molecule has 0 amide bonds. The molecule has 1 atom stereocenters. The van der Waals surface area contributed by atoms with E-state index in [9.17, 15) is 13.5 Å². The fourth-order valence-electron chi connectivity index (χ4n) is 4.11. The number of rotatable bonds is 12. The lowest BCUT2D eigenvalue weighted by Crippen LogP contribution is -2.23. The SMILES string of the molecule is COc1cccc(-c2nc(-c3ccc(S(=O)(=O)Nc4ccc(CCNCC(O)c5cccnc5)cc4)cc3)no2)c1. The third kappa shape index (κ3) is 7.14. The Balaban J connectivity index is 1.15. The van der Waals surface area contributed by atoms with Crippen LogP contribution < -0.4 is 14.8 Å². The van der Waals surface area contributed by atoms with Crippen molar-refractivity contribution in [1.82, 2.24) is 20.4 Å². The third-order valence-electron chi connectivity index (χ3n) is 6.37. The minimum atomic E-state index is -3.80. The number of sulfonamides is 1. The summed E-state index contributed by atoms with van der Waals surface area (Å²) in [6, 6.07) is 24.4. The second kappa shape index (κ2) is 12.7. The van der Waals surface area contributed by atoms with Crippen LogP contribution in [0.5, 0.6) is 5.75 Å². The number of nitrogens with one attached hydrogen (secondary N) is 2. The highest BCUT2D eigenvalue weighted by atomic mass is 32.2. The third-order valence-corrected chi connectivity index (χ3v) is 7.77. The number of aliphatic hydroxyl groups is 1. The minimum absolute atomic E-state index is 0.109. The number of benzene rings is 3. The molecule has 5 aromatic rings. The summed E-state index contributed by atoms with van der Waals surface area (Å²) in [5, 5.41) is 17.5. The summed E-state index contributed by atoms with van der Waals surface area (Å²) >= 11 is 0. The molecular formula is C30H29N5O5S. The van der Waals surface area contributed by atoms with Crippen LogP contribution in [-0.2, 0) is 16.4 Å². The second-order valence-electron chi connectivity index (χ2n) is 9.24. The van der Waals surface area contributed by atoms with Gasteiger partial charge >= 0.3 is 0 Å². The van der Waals surface area contributed by atoms with Crippen molar-refractivity contribution >= 4 is 15.7 Å². The number of ether oxygens (including phenoxy) is 1. The van der Waals surface area contributed by atoms with Crippen LogP contribution in [0, 0.1) is 0 Å². The maximum Gasteiger partial charge on any atom is 0.261 e. The Kier molecular flexibility index (Phi) is 8.68. The van der Waals surface area contributed by atoms with E-state index in [1.807, 2.05) is 36.4 Å². The quantitative estimate of drug-likeness (QED) is 0.185. The van der Waals surface area contributed by atoms with Crippen molar-refractivity contribution in [3.8, 4) is 28.6 Å². The van der Waals surface area contributed by atoms with Crippen LogP contribution in [-0.4, -0.2) is 48.8 Å². The lowest BCUT2D eigenvalue weighted by Gasteiger charge is -2.12. The Hall–Kier alpha value is -4.58. The zero-order valence-corrected chi connectivity index (χ0v) is 23.1.